The monoisotopic (exact) mass is 324 g/mol. The smallest absolute Gasteiger partial charge is 0.150 e. The van der Waals surface area contributed by atoms with E-state index < -0.39 is 0 Å². The first-order valence-corrected chi connectivity index (χ1v) is 8.07. The molecule has 1 saturated heterocycles. The van der Waals surface area contributed by atoms with Crippen molar-refractivity contribution < 1.29 is 9.47 Å². The summed E-state index contributed by atoms with van der Waals surface area (Å²) in [7, 11) is 0. The second-order valence-electron chi connectivity index (χ2n) is 5.76. The van der Waals surface area contributed by atoms with Gasteiger partial charge in [0.05, 0.1) is 31.1 Å². The molecule has 1 aliphatic rings. The van der Waals surface area contributed by atoms with Gasteiger partial charge in [-0.2, -0.15) is 10.4 Å². The van der Waals surface area contributed by atoms with Gasteiger partial charge in [0.25, 0.3) is 0 Å². The molecule has 2 heterocycles. The molecule has 1 fully saturated rings. The van der Waals surface area contributed by atoms with Crippen molar-refractivity contribution >= 4 is 5.82 Å². The fourth-order valence-electron chi connectivity index (χ4n) is 2.62. The van der Waals surface area contributed by atoms with Crippen molar-refractivity contribution in [2.75, 3.05) is 18.5 Å². The molecule has 1 aliphatic heterocycles. The average molecular weight is 324 g/mol. The third-order valence-corrected chi connectivity index (χ3v) is 3.85. The van der Waals surface area contributed by atoms with E-state index in [0.29, 0.717) is 31.1 Å². The minimum Gasteiger partial charge on any atom is -0.376 e. The summed E-state index contributed by atoms with van der Waals surface area (Å²) in [5.41, 5.74) is 2.74. The predicted molar refractivity (Wildman–Crippen MR) is 89.1 cm³/mol. The van der Waals surface area contributed by atoms with Crippen molar-refractivity contribution in [2.24, 2.45) is 0 Å². The average Bonchev–Trinajstić information content (AvgIpc) is 3.14. The highest BCUT2D eigenvalue weighted by Crippen LogP contribution is 2.14. The highest BCUT2D eigenvalue weighted by molar-refractivity contribution is 5.41. The number of anilines is 1. The Morgan fingerprint density at radius 3 is 3.08 bits per heavy atom. The lowest BCUT2D eigenvalue weighted by molar-refractivity contribution is 0.0106. The summed E-state index contributed by atoms with van der Waals surface area (Å²) >= 11 is 0. The van der Waals surface area contributed by atoms with E-state index in [1.54, 1.807) is 6.07 Å². The molecule has 124 valence electrons. The lowest BCUT2D eigenvalue weighted by atomic mass is 10.1. The number of ether oxygens (including phenoxy) is 2. The Kier molecular flexibility index (Phi) is 5.72. The molecule has 0 aliphatic carbocycles. The summed E-state index contributed by atoms with van der Waals surface area (Å²) < 4.78 is 11.3. The van der Waals surface area contributed by atoms with E-state index >= 15 is 0 Å². The van der Waals surface area contributed by atoms with Crippen LogP contribution in [0.15, 0.2) is 36.5 Å². The maximum Gasteiger partial charge on any atom is 0.150 e. The van der Waals surface area contributed by atoms with Crippen molar-refractivity contribution in [1.82, 2.24) is 10.2 Å². The van der Waals surface area contributed by atoms with Crippen LogP contribution in [0.5, 0.6) is 0 Å². The maximum atomic E-state index is 8.88. The van der Waals surface area contributed by atoms with E-state index in [1.165, 1.54) is 6.20 Å². The van der Waals surface area contributed by atoms with Crippen molar-refractivity contribution in [1.29, 1.82) is 5.26 Å². The second kappa shape index (κ2) is 8.39. The molecule has 0 bridgehead atoms. The Labute approximate surface area is 141 Å². The lowest BCUT2D eigenvalue weighted by Crippen LogP contribution is -2.13. The molecule has 1 atom stereocenters. The molecule has 2 aromatic rings. The topological polar surface area (TPSA) is 80.1 Å². The number of hydrogen-bond donors (Lipinski definition) is 1. The first kappa shape index (κ1) is 16.4. The van der Waals surface area contributed by atoms with Crippen LogP contribution in [0, 0.1) is 11.3 Å². The fraction of sp³-hybridized carbons (Fsp3) is 0.389. The van der Waals surface area contributed by atoms with Crippen LogP contribution in [-0.4, -0.2) is 29.5 Å². The number of hydrogen-bond acceptors (Lipinski definition) is 6. The molecule has 24 heavy (non-hydrogen) atoms. The quantitative estimate of drug-likeness (QED) is 0.843. The van der Waals surface area contributed by atoms with Gasteiger partial charge in [-0.15, -0.1) is 5.10 Å². The van der Waals surface area contributed by atoms with Gasteiger partial charge in [-0.25, -0.2) is 0 Å². The minimum absolute atomic E-state index is 0.251. The molecule has 1 unspecified atom stereocenters. The molecule has 1 N–H and O–H groups in total. The zero-order chi connectivity index (χ0) is 16.6. The van der Waals surface area contributed by atoms with E-state index in [9.17, 15) is 0 Å². The molecule has 1 aromatic heterocycles. The van der Waals surface area contributed by atoms with Crippen LogP contribution in [0.2, 0.25) is 0 Å². The Morgan fingerprint density at radius 2 is 2.25 bits per heavy atom. The van der Waals surface area contributed by atoms with Gasteiger partial charge in [0.15, 0.2) is 0 Å². The summed E-state index contributed by atoms with van der Waals surface area (Å²) in [5.74, 6) is 0.592. The fourth-order valence-corrected chi connectivity index (χ4v) is 2.62. The normalized spacial score (nSPS) is 16.7. The van der Waals surface area contributed by atoms with Crippen LogP contribution in [0.4, 0.5) is 5.82 Å². The first-order chi connectivity index (χ1) is 11.8. The van der Waals surface area contributed by atoms with E-state index in [-0.39, 0.29) is 6.10 Å². The molecule has 0 amide bonds. The Bertz CT molecular complexity index is 708. The number of benzene rings is 1. The Balaban J connectivity index is 1.50. The lowest BCUT2D eigenvalue weighted by Gasteiger charge is -2.11. The SMILES string of the molecule is N#Cc1cnnc(NCc2cccc(COCC3CCCO3)c2)c1. The molecule has 0 radical (unpaired) electrons. The summed E-state index contributed by atoms with van der Waals surface area (Å²) in [6, 6.07) is 11.9. The number of rotatable bonds is 7. The van der Waals surface area contributed by atoms with Crippen LogP contribution in [0.3, 0.4) is 0 Å². The largest absolute Gasteiger partial charge is 0.376 e. The van der Waals surface area contributed by atoms with E-state index in [1.807, 2.05) is 12.1 Å². The highest BCUT2D eigenvalue weighted by atomic mass is 16.5. The van der Waals surface area contributed by atoms with E-state index in [0.717, 1.165) is 30.6 Å². The molecule has 6 heteroatoms. The molecule has 6 nitrogen and oxygen atoms in total. The standard InChI is InChI=1S/C18H20N4O2/c19-9-16-8-18(22-21-11-16)20-10-14-3-1-4-15(7-14)12-23-13-17-5-2-6-24-17/h1,3-4,7-8,11,17H,2,5-6,10,12-13H2,(H,20,22). The minimum atomic E-state index is 0.251. The van der Waals surface area contributed by atoms with Crippen molar-refractivity contribution in [2.45, 2.75) is 32.1 Å². The Hall–Kier alpha value is -2.49. The molecule has 0 saturated carbocycles. The van der Waals surface area contributed by atoms with E-state index in [4.69, 9.17) is 14.7 Å². The zero-order valence-corrected chi connectivity index (χ0v) is 13.4. The van der Waals surface area contributed by atoms with Crippen LogP contribution in [0.25, 0.3) is 0 Å². The zero-order valence-electron chi connectivity index (χ0n) is 13.4. The van der Waals surface area contributed by atoms with E-state index in [2.05, 4.69) is 33.7 Å². The van der Waals surface area contributed by atoms with Crippen molar-refractivity contribution in [3.8, 4) is 6.07 Å². The summed E-state index contributed by atoms with van der Waals surface area (Å²) in [6.07, 6.45) is 3.91. The van der Waals surface area contributed by atoms with Crippen molar-refractivity contribution in [3.63, 3.8) is 0 Å². The van der Waals surface area contributed by atoms with Gasteiger partial charge in [-0.3, -0.25) is 0 Å². The number of nitrogens with zero attached hydrogens (tertiary/aromatic N) is 3. The summed E-state index contributed by atoms with van der Waals surface area (Å²) in [6.45, 7) is 2.70. The highest BCUT2D eigenvalue weighted by Gasteiger charge is 2.15. The number of nitrogens with one attached hydrogen (secondary N) is 1. The summed E-state index contributed by atoms with van der Waals surface area (Å²) in [4.78, 5) is 0. The third kappa shape index (κ3) is 4.75. The maximum absolute atomic E-state index is 8.88. The third-order valence-electron chi connectivity index (χ3n) is 3.85. The Morgan fingerprint density at radius 1 is 1.33 bits per heavy atom. The number of nitriles is 1. The van der Waals surface area contributed by atoms with Gasteiger partial charge < -0.3 is 14.8 Å². The number of aromatic nitrogens is 2. The van der Waals surface area contributed by atoms with Gasteiger partial charge >= 0.3 is 0 Å². The van der Waals surface area contributed by atoms with Gasteiger partial charge in [0, 0.05) is 19.2 Å². The summed E-state index contributed by atoms with van der Waals surface area (Å²) in [5, 5.41) is 19.8. The first-order valence-electron chi connectivity index (χ1n) is 8.07. The second-order valence-corrected chi connectivity index (χ2v) is 5.76. The molecule has 3 rings (SSSR count). The predicted octanol–water partition coefficient (Wildman–Crippen LogP) is 2.66. The molecule has 0 spiro atoms. The molecular formula is C18H20N4O2. The van der Waals surface area contributed by atoms with Crippen LogP contribution < -0.4 is 5.32 Å². The van der Waals surface area contributed by atoms with Gasteiger partial charge in [-0.1, -0.05) is 24.3 Å². The molecular weight excluding hydrogens is 304 g/mol. The van der Waals surface area contributed by atoms with Gasteiger partial charge in [0.2, 0.25) is 0 Å². The molecule has 1 aromatic carbocycles. The van der Waals surface area contributed by atoms with Gasteiger partial charge in [0.1, 0.15) is 11.9 Å². The van der Waals surface area contributed by atoms with Crippen LogP contribution in [0.1, 0.15) is 29.5 Å². The van der Waals surface area contributed by atoms with Crippen LogP contribution in [-0.2, 0) is 22.6 Å². The van der Waals surface area contributed by atoms with Crippen LogP contribution >= 0.6 is 0 Å². The van der Waals surface area contributed by atoms with Crippen molar-refractivity contribution in [3.05, 3.63) is 53.2 Å². The van der Waals surface area contributed by atoms with Gasteiger partial charge in [-0.05, 0) is 24.0 Å².